The first-order valence-corrected chi connectivity index (χ1v) is 13.0. The number of methoxy groups -OCH3 is 2. The van der Waals surface area contributed by atoms with Crippen LogP contribution in [-0.4, -0.2) is 79.8 Å². The summed E-state index contributed by atoms with van der Waals surface area (Å²) < 4.78 is 35.5. The van der Waals surface area contributed by atoms with E-state index in [4.69, 9.17) is 28.4 Å². The lowest BCUT2D eigenvalue weighted by atomic mass is 9.93. The molecular formula is C29H34N2O8. The van der Waals surface area contributed by atoms with Crippen molar-refractivity contribution in [3.05, 3.63) is 65.9 Å². The van der Waals surface area contributed by atoms with E-state index in [1.807, 2.05) is 54.7 Å². The van der Waals surface area contributed by atoms with Crippen LogP contribution in [0.25, 0.3) is 10.9 Å². The Kier molecular flexibility index (Phi) is 8.18. The molecule has 1 unspecified atom stereocenters. The fourth-order valence-electron chi connectivity index (χ4n) is 5.44. The molecule has 5 rings (SSSR count). The van der Waals surface area contributed by atoms with E-state index in [0.717, 1.165) is 27.8 Å². The second-order valence-corrected chi connectivity index (χ2v) is 9.71. The molecule has 2 saturated heterocycles. The second-order valence-electron chi connectivity index (χ2n) is 9.71. The molecule has 2 aromatic carbocycles. The Hall–Kier alpha value is -3.44. The molecule has 0 saturated carbocycles. The van der Waals surface area contributed by atoms with Crippen LogP contribution in [0, 0.1) is 0 Å². The van der Waals surface area contributed by atoms with E-state index in [1.54, 1.807) is 12.0 Å². The zero-order valence-electron chi connectivity index (χ0n) is 22.5. The largest absolute Gasteiger partial charge is 0.497 e. The summed E-state index contributed by atoms with van der Waals surface area (Å²) in [5.41, 5.74) is 2.83. The summed E-state index contributed by atoms with van der Waals surface area (Å²) in [5.74, 6) is 0.0573. The number of aromatic nitrogens is 1. The number of fused-ring (bicyclic) bond motifs is 2. The molecular weight excluding hydrogens is 504 g/mol. The molecule has 39 heavy (non-hydrogen) atoms. The molecule has 0 bridgehead atoms. The van der Waals surface area contributed by atoms with Gasteiger partial charge in [-0.25, -0.2) is 0 Å². The Morgan fingerprint density at radius 1 is 1.08 bits per heavy atom. The van der Waals surface area contributed by atoms with Gasteiger partial charge in [-0.1, -0.05) is 30.3 Å². The number of benzene rings is 2. The van der Waals surface area contributed by atoms with Gasteiger partial charge in [0, 0.05) is 50.2 Å². The summed E-state index contributed by atoms with van der Waals surface area (Å²) in [4.78, 5) is 30.3. The zero-order valence-corrected chi connectivity index (χ0v) is 22.5. The van der Waals surface area contributed by atoms with Crippen LogP contribution >= 0.6 is 0 Å². The van der Waals surface area contributed by atoms with Gasteiger partial charge in [0.15, 0.2) is 18.7 Å². The van der Waals surface area contributed by atoms with Crippen molar-refractivity contribution in [1.29, 1.82) is 0 Å². The minimum absolute atomic E-state index is 0.203. The Labute approximate surface area is 227 Å². The first-order chi connectivity index (χ1) is 18.9. The Balaban J connectivity index is 1.43. The normalized spacial score (nSPS) is 26.6. The highest BCUT2D eigenvalue weighted by Crippen LogP contribution is 2.37. The number of esters is 1. The summed E-state index contributed by atoms with van der Waals surface area (Å²) in [5, 5.41) is 1.01. The number of hydrogen-bond acceptors (Lipinski definition) is 8. The second kappa shape index (κ2) is 11.7. The molecule has 0 aliphatic carbocycles. The third-order valence-corrected chi connectivity index (χ3v) is 7.27. The molecule has 2 fully saturated rings. The average Bonchev–Trinajstić information content (AvgIpc) is 3.35. The van der Waals surface area contributed by atoms with Crippen LogP contribution in [0.3, 0.4) is 0 Å². The lowest BCUT2D eigenvalue weighted by molar-refractivity contribution is -0.349. The number of nitrogens with one attached hydrogen (secondary N) is 1. The molecule has 1 amide bonds. The van der Waals surface area contributed by atoms with Gasteiger partial charge in [-0.15, -0.1) is 0 Å². The number of ether oxygens (including phenoxy) is 6. The van der Waals surface area contributed by atoms with Gasteiger partial charge >= 0.3 is 5.97 Å². The maximum atomic E-state index is 13.1. The van der Waals surface area contributed by atoms with Gasteiger partial charge in [0.25, 0.3) is 0 Å². The van der Waals surface area contributed by atoms with E-state index in [-0.39, 0.29) is 12.5 Å². The van der Waals surface area contributed by atoms with Gasteiger partial charge in [0.1, 0.15) is 24.0 Å². The van der Waals surface area contributed by atoms with Crippen molar-refractivity contribution >= 4 is 22.8 Å². The molecule has 1 N–H and O–H groups in total. The van der Waals surface area contributed by atoms with E-state index >= 15 is 0 Å². The number of amides is 1. The minimum Gasteiger partial charge on any atom is -0.497 e. The Morgan fingerprint density at radius 2 is 1.87 bits per heavy atom. The van der Waals surface area contributed by atoms with E-state index < -0.39 is 42.9 Å². The molecule has 10 nitrogen and oxygen atoms in total. The molecule has 0 radical (unpaired) electrons. The fraction of sp³-hybridized carbons (Fsp3) is 0.448. The highest BCUT2D eigenvalue weighted by atomic mass is 16.7. The topological polar surface area (TPSA) is 109 Å². The van der Waals surface area contributed by atoms with Gasteiger partial charge in [0.2, 0.25) is 5.91 Å². The van der Waals surface area contributed by atoms with Crippen molar-refractivity contribution in [3.8, 4) is 5.75 Å². The van der Waals surface area contributed by atoms with Crippen LogP contribution in [0.15, 0.2) is 54.7 Å². The molecule has 6 atom stereocenters. The van der Waals surface area contributed by atoms with Crippen LogP contribution in [0.1, 0.15) is 31.3 Å². The fourth-order valence-corrected chi connectivity index (χ4v) is 5.44. The highest BCUT2D eigenvalue weighted by Gasteiger charge is 2.54. The molecule has 1 aromatic heterocycles. The Morgan fingerprint density at radius 3 is 2.56 bits per heavy atom. The van der Waals surface area contributed by atoms with E-state index in [0.29, 0.717) is 13.0 Å². The van der Waals surface area contributed by atoms with Crippen molar-refractivity contribution in [1.82, 2.24) is 9.88 Å². The number of aromatic amines is 1. The molecule has 10 heteroatoms. The van der Waals surface area contributed by atoms with Crippen LogP contribution in [0.4, 0.5) is 0 Å². The smallest absolute Gasteiger partial charge is 0.303 e. The monoisotopic (exact) mass is 538 g/mol. The molecule has 2 aliphatic heterocycles. The first-order valence-electron chi connectivity index (χ1n) is 13.0. The first kappa shape index (κ1) is 27.1. The van der Waals surface area contributed by atoms with Crippen LogP contribution in [0.2, 0.25) is 0 Å². The van der Waals surface area contributed by atoms with Crippen molar-refractivity contribution < 1.29 is 38.0 Å². The summed E-state index contributed by atoms with van der Waals surface area (Å²) in [6, 6.07) is 14.6. The summed E-state index contributed by atoms with van der Waals surface area (Å²) in [6.07, 6.45) is -1.12. The molecule has 3 heterocycles. The SMILES string of the molecule is COc1ccc2[nH]cc(CCN(C(C)=O)[C@@H]3[C@@H](OC)O[C@@H]4COC(c5ccccc5)O[C@H]4[C@H]3OC(C)=O)c2c1. The average molecular weight is 539 g/mol. The number of carbonyl (C=O) groups is 2. The zero-order chi connectivity index (χ0) is 27.5. The van der Waals surface area contributed by atoms with Crippen LogP contribution in [-0.2, 0) is 39.7 Å². The number of nitrogens with zero attached hydrogens (tertiary/aromatic N) is 1. The van der Waals surface area contributed by atoms with Crippen molar-refractivity contribution in [3.63, 3.8) is 0 Å². The van der Waals surface area contributed by atoms with E-state index in [9.17, 15) is 9.59 Å². The van der Waals surface area contributed by atoms with Crippen molar-refractivity contribution in [2.24, 2.45) is 0 Å². The van der Waals surface area contributed by atoms with Crippen molar-refractivity contribution in [2.75, 3.05) is 27.4 Å². The molecule has 0 spiro atoms. The maximum Gasteiger partial charge on any atom is 0.303 e. The van der Waals surface area contributed by atoms with Crippen LogP contribution in [0.5, 0.6) is 5.75 Å². The Bertz CT molecular complexity index is 1290. The lowest BCUT2D eigenvalue weighted by Crippen LogP contribution is -2.68. The van der Waals surface area contributed by atoms with E-state index in [1.165, 1.54) is 21.0 Å². The summed E-state index contributed by atoms with van der Waals surface area (Å²) in [6.45, 7) is 3.38. The van der Waals surface area contributed by atoms with Gasteiger partial charge < -0.3 is 38.3 Å². The number of H-pyrrole nitrogens is 1. The summed E-state index contributed by atoms with van der Waals surface area (Å²) >= 11 is 0. The third kappa shape index (κ3) is 5.65. The highest BCUT2D eigenvalue weighted by molar-refractivity contribution is 5.84. The maximum absolute atomic E-state index is 13.1. The van der Waals surface area contributed by atoms with Gasteiger partial charge in [0.05, 0.1) is 13.7 Å². The number of rotatable bonds is 8. The predicted molar refractivity (Wildman–Crippen MR) is 141 cm³/mol. The van der Waals surface area contributed by atoms with Crippen molar-refractivity contribution in [2.45, 2.75) is 57.2 Å². The van der Waals surface area contributed by atoms with Gasteiger partial charge in [-0.2, -0.15) is 0 Å². The molecule has 3 aromatic rings. The quantitative estimate of drug-likeness (QED) is 0.435. The summed E-state index contributed by atoms with van der Waals surface area (Å²) in [7, 11) is 3.13. The number of carbonyl (C=O) groups excluding carboxylic acids is 2. The van der Waals surface area contributed by atoms with Gasteiger partial charge in [-0.3, -0.25) is 9.59 Å². The predicted octanol–water partition coefficient (Wildman–Crippen LogP) is 3.35. The number of hydrogen-bond donors (Lipinski definition) is 1. The minimum atomic E-state index is -0.858. The third-order valence-electron chi connectivity index (χ3n) is 7.27. The van der Waals surface area contributed by atoms with E-state index in [2.05, 4.69) is 4.98 Å². The standard InChI is InChI=1S/C29H34N2O8/c1-17(32)31(13-12-20-15-30-23-11-10-21(34-3)14-22(20)23)25-27(37-18(2)33)26-24(38-29(25)35-4)16-36-28(39-26)19-8-6-5-7-9-19/h5-11,14-15,24-30H,12-13,16H2,1-4H3/t24-,25+,26-,27+,28?,29+/m1/s1. The molecule has 208 valence electrons. The van der Waals surface area contributed by atoms with Gasteiger partial charge in [-0.05, 0) is 30.2 Å². The lowest BCUT2D eigenvalue weighted by Gasteiger charge is -2.51. The van der Waals surface area contributed by atoms with Crippen LogP contribution < -0.4 is 4.74 Å². The molecule has 2 aliphatic rings.